The summed E-state index contributed by atoms with van der Waals surface area (Å²) in [6, 6.07) is 7.76. The zero-order chi connectivity index (χ0) is 25.5. The van der Waals surface area contributed by atoms with Gasteiger partial charge < -0.3 is 9.88 Å². The van der Waals surface area contributed by atoms with Crippen molar-refractivity contribution in [1.29, 1.82) is 0 Å². The van der Waals surface area contributed by atoms with Gasteiger partial charge in [0.1, 0.15) is 17.0 Å². The summed E-state index contributed by atoms with van der Waals surface area (Å²) in [5.74, 6) is 0.184. The van der Waals surface area contributed by atoms with Crippen LogP contribution in [-0.2, 0) is 6.54 Å². The summed E-state index contributed by atoms with van der Waals surface area (Å²) >= 11 is 0. The molecule has 2 aliphatic heterocycles. The summed E-state index contributed by atoms with van der Waals surface area (Å²) < 4.78 is 16.2. The molecule has 6 heterocycles. The van der Waals surface area contributed by atoms with Crippen molar-refractivity contribution in [2.45, 2.75) is 45.1 Å². The predicted molar refractivity (Wildman–Crippen MR) is 147 cm³/mol. The molecule has 4 aromatic heterocycles. The van der Waals surface area contributed by atoms with Gasteiger partial charge in [0, 0.05) is 49.4 Å². The molecule has 0 radical (unpaired) electrons. The molecule has 2 saturated heterocycles. The quantitative estimate of drug-likeness (QED) is 0.316. The van der Waals surface area contributed by atoms with Gasteiger partial charge in [0.25, 0.3) is 0 Å². The molecule has 7 rings (SSSR count). The number of aromatic amines is 2. The highest BCUT2D eigenvalue weighted by Gasteiger charge is 2.22. The second kappa shape index (κ2) is 9.79. The minimum Gasteiger partial charge on any atom is -0.370 e. The number of imidazole rings is 1. The van der Waals surface area contributed by atoms with Crippen molar-refractivity contribution in [2.75, 3.05) is 31.1 Å². The predicted octanol–water partition coefficient (Wildman–Crippen LogP) is 5.68. The fraction of sp³-hybridized carbons (Fsp3) is 0.379. The summed E-state index contributed by atoms with van der Waals surface area (Å²) in [5.41, 5.74) is 6.04. The van der Waals surface area contributed by atoms with Gasteiger partial charge in [0.2, 0.25) is 0 Å². The number of piperidine rings is 2. The molecule has 0 amide bonds. The monoisotopic (exact) mass is 510 g/mol. The number of likely N-dealkylation sites (tertiary alicyclic amines) is 1. The average Bonchev–Trinajstić information content (AvgIpc) is 3.59. The third kappa shape index (κ3) is 4.20. The molecular weight excluding hydrogens is 479 g/mol. The summed E-state index contributed by atoms with van der Waals surface area (Å²) in [4.78, 5) is 21.9. The molecular formula is C29H31FN8. The Labute approximate surface area is 220 Å². The van der Waals surface area contributed by atoms with Crippen LogP contribution in [-0.4, -0.2) is 61.2 Å². The molecule has 1 aromatic carbocycles. The number of pyridine rings is 2. The Morgan fingerprint density at radius 2 is 1.74 bits per heavy atom. The lowest BCUT2D eigenvalue weighted by atomic mass is 10.0. The van der Waals surface area contributed by atoms with Crippen LogP contribution in [0.15, 0.2) is 42.9 Å². The Balaban J connectivity index is 1.27. The van der Waals surface area contributed by atoms with Gasteiger partial charge >= 0.3 is 0 Å². The van der Waals surface area contributed by atoms with Crippen molar-refractivity contribution in [3.63, 3.8) is 0 Å². The maximum absolute atomic E-state index is 16.2. The van der Waals surface area contributed by atoms with E-state index in [9.17, 15) is 0 Å². The first-order valence-electron chi connectivity index (χ1n) is 13.7. The second-order valence-electron chi connectivity index (χ2n) is 10.5. The third-order valence-corrected chi connectivity index (χ3v) is 7.92. The standard InChI is InChI=1S/C29H31FN8/c30-25-21(20-15-19(16-31-17-20)18-37-11-3-1-4-12-37)7-8-22-24(25)27(36-35-22)29-33-26-23(9-10-32-28(26)34-29)38-13-5-2-6-14-38/h7-10,15-17H,1-6,11-14,18H2,(H,35,36)(H,32,33,34). The fourth-order valence-corrected chi connectivity index (χ4v) is 5.97. The lowest BCUT2D eigenvalue weighted by molar-refractivity contribution is 0.220. The van der Waals surface area contributed by atoms with Crippen LogP contribution in [0.1, 0.15) is 44.1 Å². The molecule has 0 unspecified atom stereocenters. The van der Waals surface area contributed by atoms with E-state index in [0.717, 1.165) is 55.1 Å². The normalized spacial score (nSPS) is 17.0. The SMILES string of the molecule is Fc1c(-c2cncc(CN3CCCCC3)c2)ccc2[nH]nc(-c3nc4nccc(N5CCCCC5)c4[nH]3)c12. The second-order valence-corrected chi connectivity index (χ2v) is 10.5. The molecule has 38 heavy (non-hydrogen) atoms. The lowest BCUT2D eigenvalue weighted by Crippen LogP contribution is -2.29. The van der Waals surface area contributed by atoms with Crippen LogP contribution in [0.25, 0.3) is 44.7 Å². The van der Waals surface area contributed by atoms with Gasteiger partial charge in [-0.1, -0.05) is 6.42 Å². The van der Waals surface area contributed by atoms with E-state index in [1.807, 2.05) is 18.3 Å². The van der Waals surface area contributed by atoms with Gasteiger partial charge in [0.15, 0.2) is 11.5 Å². The number of nitrogens with zero attached hydrogens (tertiary/aromatic N) is 6. The van der Waals surface area contributed by atoms with Crippen molar-refractivity contribution < 1.29 is 4.39 Å². The lowest BCUT2D eigenvalue weighted by Gasteiger charge is -2.28. The van der Waals surface area contributed by atoms with Gasteiger partial charge in [-0.2, -0.15) is 5.10 Å². The molecule has 0 atom stereocenters. The van der Waals surface area contributed by atoms with Crippen molar-refractivity contribution in [3.05, 3.63) is 54.2 Å². The van der Waals surface area contributed by atoms with E-state index in [0.29, 0.717) is 33.6 Å². The number of nitrogens with one attached hydrogen (secondary N) is 2. The van der Waals surface area contributed by atoms with E-state index in [4.69, 9.17) is 4.98 Å². The number of fused-ring (bicyclic) bond motifs is 2. The van der Waals surface area contributed by atoms with Crippen LogP contribution in [0.3, 0.4) is 0 Å². The van der Waals surface area contributed by atoms with Crippen LogP contribution < -0.4 is 4.90 Å². The number of rotatable bonds is 5. The first-order valence-corrected chi connectivity index (χ1v) is 13.7. The van der Waals surface area contributed by atoms with Crippen LogP contribution in [0.2, 0.25) is 0 Å². The molecule has 5 aromatic rings. The third-order valence-electron chi connectivity index (χ3n) is 7.92. The number of H-pyrrole nitrogens is 2. The summed E-state index contributed by atoms with van der Waals surface area (Å²) in [5, 5.41) is 7.88. The molecule has 0 bridgehead atoms. The van der Waals surface area contributed by atoms with E-state index < -0.39 is 0 Å². The van der Waals surface area contributed by atoms with Gasteiger partial charge in [-0.25, -0.2) is 14.4 Å². The minimum atomic E-state index is -0.326. The number of hydrogen-bond donors (Lipinski definition) is 2. The van der Waals surface area contributed by atoms with Gasteiger partial charge in [-0.15, -0.1) is 0 Å². The molecule has 0 aliphatic carbocycles. The number of anilines is 1. The Morgan fingerprint density at radius 3 is 2.58 bits per heavy atom. The fourth-order valence-electron chi connectivity index (χ4n) is 5.97. The van der Waals surface area contributed by atoms with Gasteiger partial charge in [-0.3, -0.25) is 15.0 Å². The smallest absolute Gasteiger partial charge is 0.180 e. The zero-order valence-electron chi connectivity index (χ0n) is 21.4. The van der Waals surface area contributed by atoms with Crippen molar-refractivity contribution >= 4 is 27.8 Å². The molecule has 0 saturated carbocycles. The molecule has 8 nitrogen and oxygen atoms in total. The molecule has 194 valence electrons. The van der Waals surface area contributed by atoms with Crippen LogP contribution in [0, 0.1) is 5.82 Å². The minimum absolute atomic E-state index is 0.326. The van der Waals surface area contributed by atoms with Gasteiger partial charge in [0.05, 0.1) is 16.6 Å². The van der Waals surface area contributed by atoms with Crippen LogP contribution >= 0.6 is 0 Å². The Bertz CT molecular complexity index is 1590. The van der Waals surface area contributed by atoms with Crippen molar-refractivity contribution in [1.82, 2.24) is 35.0 Å². The maximum Gasteiger partial charge on any atom is 0.180 e. The van der Waals surface area contributed by atoms with E-state index in [2.05, 4.69) is 41.0 Å². The Morgan fingerprint density at radius 1 is 0.921 bits per heavy atom. The number of benzene rings is 1. The van der Waals surface area contributed by atoms with Crippen LogP contribution in [0.5, 0.6) is 0 Å². The van der Waals surface area contributed by atoms with E-state index >= 15 is 4.39 Å². The average molecular weight is 511 g/mol. The largest absolute Gasteiger partial charge is 0.370 e. The topological polar surface area (TPSA) is 89.6 Å². The highest BCUT2D eigenvalue weighted by molar-refractivity contribution is 5.97. The van der Waals surface area contributed by atoms with Crippen molar-refractivity contribution in [3.8, 4) is 22.6 Å². The molecule has 0 spiro atoms. The highest BCUT2D eigenvalue weighted by atomic mass is 19.1. The van der Waals surface area contributed by atoms with Gasteiger partial charge in [-0.05, 0) is 75.0 Å². The summed E-state index contributed by atoms with van der Waals surface area (Å²) in [7, 11) is 0. The molecule has 2 fully saturated rings. The first kappa shape index (κ1) is 23.3. The van der Waals surface area contributed by atoms with Crippen LogP contribution in [0.4, 0.5) is 10.1 Å². The number of halogens is 1. The highest BCUT2D eigenvalue weighted by Crippen LogP contribution is 2.35. The Kier molecular flexibility index (Phi) is 6.00. The Hall–Kier alpha value is -3.85. The van der Waals surface area contributed by atoms with E-state index in [-0.39, 0.29) is 5.82 Å². The first-order chi connectivity index (χ1) is 18.7. The molecule has 9 heteroatoms. The zero-order valence-corrected chi connectivity index (χ0v) is 21.4. The molecule has 2 N–H and O–H groups in total. The number of hydrogen-bond acceptors (Lipinski definition) is 6. The summed E-state index contributed by atoms with van der Waals surface area (Å²) in [6.45, 7) is 5.08. The number of aromatic nitrogens is 6. The molecule has 2 aliphatic rings. The summed E-state index contributed by atoms with van der Waals surface area (Å²) in [6.07, 6.45) is 12.8. The van der Waals surface area contributed by atoms with Crippen molar-refractivity contribution in [2.24, 2.45) is 0 Å². The maximum atomic E-state index is 16.2. The van der Waals surface area contributed by atoms with E-state index in [1.165, 1.54) is 38.5 Å². The van der Waals surface area contributed by atoms with E-state index in [1.54, 1.807) is 18.5 Å².